The van der Waals surface area contributed by atoms with Crippen LogP contribution in [0, 0.1) is 17.7 Å². The number of nitrogens with one attached hydrogen (secondary N) is 1. The third-order valence-corrected chi connectivity index (χ3v) is 4.33. The number of hydrogen-bond donors (Lipinski definition) is 1. The van der Waals surface area contributed by atoms with Crippen LogP contribution in [0.1, 0.15) is 18.1 Å². The first kappa shape index (κ1) is 17.1. The number of halogens is 1. The molecule has 0 saturated heterocycles. The van der Waals surface area contributed by atoms with Gasteiger partial charge in [0.1, 0.15) is 5.82 Å². The Balaban J connectivity index is 1.74. The molecule has 0 aromatic heterocycles. The molecule has 0 saturated carbocycles. The number of thioether (sulfide) groups is 1. The predicted octanol–water partition coefficient (Wildman–Crippen LogP) is 3.62. The zero-order chi connectivity index (χ0) is 16.5. The molecule has 118 valence electrons. The van der Waals surface area contributed by atoms with E-state index in [1.165, 1.54) is 17.7 Å². The highest BCUT2D eigenvalue weighted by molar-refractivity contribution is 7.99. The summed E-state index contributed by atoms with van der Waals surface area (Å²) in [6, 6.07) is 16.1. The molecule has 23 heavy (non-hydrogen) atoms. The molecule has 0 heterocycles. The van der Waals surface area contributed by atoms with E-state index in [0.29, 0.717) is 5.56 Å². The number of benzene rings is 2. The topological polar surface area (TPSA) is 29.1 Å². The van der Waals surface area contributed by atoms with Crippen LogP contribution in [-0.4, -0.2) is 17.7 Å². The summed E-state index contributed by atoms with van der Waals surface area (Å²) in [5, 5.41) is 2.63. The number of rotatable bonds is 5. The molecule has 2 rings (SSSR count). The summed E-state index contributed by atoms with van der Waals surface area (Å²) >= 11 is 1.58. The molecular formula is C19H18FNOS. The van der Waals surface area contributed by atoms with Crippen molar-refractivity contribution < 1.29 is 9.18 Å². The Morgan fingerprint density at radius 3 is 2.74 bits per heavy atom. The first-order valence-corrected chi connectivity index (χ1v) is 8.37. The van der Waals surface area contributed by atoms with Crippen molar-refractivity contribution in [1.82, 2.24) is 5.32 Å². The zero-order valence-electron chi connectivity index (χ0n) is 12.9. The van der Waals surface area contributed by atoms with Gasteiger partial charge in [-0.05, 0) is 30.7 Å². The van der Waals surface area contributed by atoms with Crippen molar-refractivity contribution in [3.63, 3.8) is 0 Å². The molecule has 1 amide bonds. The molecule has 0 aliphatic rings. The average Bonchev–Trinajstić information content (AvgIpc) is 2.57. The Kier molecular flexibility index (Phi) is 6.71. The lowest BCUT2D eigenvalue weighted by atomic mass is 10.2. The molecule has 2 nitrogen and oxygen atoms in total. The third-order valence-electron chi connectivity index (χ3n) is 3.12. The Morgan fingerprint density at radius 1 is 1.22 bits per heavy atom. The highest BCUT2D eigenvalue weighted by Gasteiger charge is 2.12. The highest BCUT2D eigenvalue weighted by atomic mass is 32.2. The molecule has 0 radical (unpaired) electrons. The summed E-state index contributed by atoms with van der Waals surface area (Å²) in [6.07, 6.45) is 0. The average molecular weight is 327 g/mol. The van der Waals surface area contributed by atoms with E-state index in [-0.39, 0.29) is 23.5 Å². The van der Waals surface area contributed by atoms with E-state index in [1.54, 1.807) is 23.9 Å². The van der Waals surface area contributed by atoms with Crippen LogP contribution in [0.2, 0.25) is 0 Å². The molecular weight excluding hydrogens is 309 g/mol. The van der Waals surface area contributed by atoms with Crippen LogP contribution in [-0.2, 0) is 10.5 Å². The van der Waals surface area contributed by atoms with E-state index in [9.17, 15) is 9.18 Å². The Bertz CT molecular complexity index is 706. The molecule has 1 atom stereocenters. The lowest BCUT2D eigenvalue weighted by molar-refractivity contribution is -0.120. The maximum atomic E-state index is 13.0. The van der Waals surface area contributed by atoms with Crippen LogP contribution in [0.4, 0.5) is 4.39 Å². The number of hydrogen-bond acceptors (Lipinski definition) is 2. The standard InChI is InChI=1S/C19H18FNOS/c1-15(23-14-17-7-3-2-4-8-17)19(22)21-12-6-10-16-9-5-11-18(20)13-16/h2-5,7-9,11,13,15H,12,14H2,1H3,(H,21,22)/t15-/m0/s1. The van der Waals surface area contributed by atoms with Gasteiger partial charge in [0.25, 0.3) is 0 Å². The van der Waals surface area contributed by atoms with Gasteiger partial charge in [0.2, 0.25) is 5.91 Å². The Morgan fingerprint density at radius 2 is 2.00 bits per heavy atom. The van der Waals surface area contributed by atoms with E-state index in [1.807, 2.05) is 37.3 Å². The van der Waals surface area contributed by atoms with Gasteiger partial charge in [0.15, 0.2) is 0 Å². The predicted molar refractivity (Wildman–Crippen MR) is 93.5 cm³/mol. The van der Waals surface area contributed by atoms with Crippen LogP contribution in [0.15, 0.2) is 54.6 Å². The monoisotopic (exact) mass is 327 g/mol. The molecule has 0 bridgehead atoms. The largest absolute Gasteiger partial charge is 0.344 e. The molecule has 1 N–H and O–H groups in total. The number of amides is 1. The fourth-order valence-electron chi connectivity index (χ4n) is 1.86. The second-order valence-corrected chi connectivity index (χ2v) is 6.30. The van der Waals surface area contributed by atoms with Gasteiger partial charge in [0.05, 0.1) is 11.8 Å². The highest BCUT2D eigenvalue weighted by Crippen LogP contribution is 2.17. The minimum Gasteiger partial charge on any atom is -0.344 e. The maximum Gasteiger partial charge on any atom is 0.233 e. The van der Waals surface area contributed by atoms with Gasteiger partial charge in [-0.2, -0.15) is 0 Å². The van der Waals surface area contributed by atoms with Crippen molar-refractivity contribution in [2.24, 2.45) is 0 Å². The fourth-order valence-corrected chi connectivity index (χ4v) is 2.73. The molecule has 0 aliphatic carbocycles. The molecule has 2 aromatic rings. The van der Waals surface area contributed by atoms with E-state index >= 15 is 0 Å². The van der Waals surface area contributed by atoms with Crippen molar-refractivity contribution in [2.75, 3.05) is 6.54 Å². The van der Waals surface area contributed by atoms with Crippen LogP contribution < -0.4 is 5.32 Å². The van der Waals surface area contributed by atoms with Crippen LogP contribution in [0.5, 0.6) is 0 Å². The second-order valence-electron chi connectivity index (χ2n) is 4.97. The molecule has 0 aliphatic heterocycles. The lowest BCUT2D eigenvalue weighted by Crippen LogP contribution is -2.31. The Hall–Kier alpha value is -2.25. The van der Waals surface area contributed by atoms with E-state index in [2.05, 4.69) is 17.2 Å². The molecule has 4 heteroatoms. The van der Waals surface area contributed by atoms with Gasteiger partial charge in [0, 0.05) is 11.3 Å². The summed E-state index contributed by atoms with van der Waals surface area (Å²) in [5.41, 5.74) is 1.80. The van der Waals surface area contributed by atoms with E-state index in [0.717, 1.165) is 5.75 Å². The number of carbonyl (C=O) groups is 1. The van der Waals surface area contributed by atoms with Crippen molar-refractivity contribution in [3.8, 4) is 11.8 Å². The third kappa shape index (κ3) is 6.17. The SMILES string of the molecule is C[C@H](SCc1ccccc1)C(=O)NCC#Cc1cccc(F)c1. The summed E-state index contributed by atoms with van der Waals surface area (Å²) in [5.74, 6) is 6.10. The molecule has 0 unspecified atom stereocenters. The Labute approximate surface area is 140 Å². The van der Waals surface area contributed by atoms with E-state index < -0.39 is 0 Å². The van der Waals surface area contributed by atoms with Gasteiger partial charge in [-0.25, -0.2) is 4.39 Å². The van der Waals surface area contributed by atoms with Crippen LogP contribution in [0.3, 0.4) is 0 Å². The van der Waals surface area contributed by atoms with Crippen molar-refractivity contribution in [1.29, 1.82) is 0 Å². The van der Waals surface area contributed by atoms with Crippen LogP contribution >= 0.6 is 11.8 Å². The minimum absolute atomic E-state index is 0.0422. The molecule has 0 fully saturated rings. The van der Waals surface area contributed by atoms with Crippen molar-refractivity contribution >= 4 is 17.7 Å². The van der Waals surface area contributed by atoms with Gasteiger partial charge >= 0.3 is 0 Å². The van der Waals surface area contributed by atoms with Crippen molar-refractivity contribution in [3.05, 3.63) is 71.5 Å². The summed E-state index contributed by atoms with van der Waals surface area (Å²) in [6.45, 7) is 2.13. The maximum absolute atomic E-state index is 13.0. The van der Waals surface area contributed by atoms with Gasteiger partial charge in [-0.1, -0.05) is 48.2 Å². The summed E-state index contributed by atoms with van der Waals surface area (Å²) in [4.78, 5) is 12.0. The summed E-state index contributed by atoms with van der Waals surface area (Å²) in [7, 11) is 0. The van der Waals surface area contributed by atoms with Gasteiger partial charge in [-0.15, -0.1) is 11.8 Å². The first-order valence-electron chi connectivity index (χ1n) is 7.33. The quantitative estimate of drug-likeness (QED) is 0.850. The minimum atomic E-state index is -0.313. The van der Waals surface area contributed by atoms with E-state index in [4.69, 9.17) is 0 Å². The first-order chi connectivity index (χ1) is 11.1. The summed E-state index contributed by atoms with van der Waals surface area (Å²) < 4.78 is 13.0. The van der Waals surface area contributed by atoms with Crippen molar-refractivity contribution in [2.45, 2.75) is 17.9 Å². The smallest absolute Gasteiger partial charge is 0.233 e. The lowest BCUT2D eigenvalue weighted by Gasteiger charge is -2.10. The van der Waals surface area contributed by atoms with Gasteiger partial charge < -0.3 is 5.32 Å². The number of carbonyl (C=O) groups excluding carboxylic acids is 1. The molecule has 2 aromatic carbocycles. The molecule has 0 spiro atoms. The fraction of sp³-hybridized carbons (Fsp3) is 0.211. The second kappa shape index (κ2) is 9.02. The normalized spacial score (nSPS) is 11.2. The zero-order valence-corrected chi connectivity index (χ0v) is 13.7. The van der Waals surface area contributed by atoms with Gasteiger partial charge in [-0.3, -0.25) is 4.79 Å². The van der Waals surface area contributed by atoms with Crippen LogP contribution in [0.25, 0.3) is 0 Å².